The van der Waals surface area contributed by atoms with Crippen molar-refractivity contribution in [1.82, 2.24) is 5.32 Å². The quantitative estimate of drug-likeness (QED) is 0.814. The highest BCUT2D eigenvalue weighted by Gasteiger charge is 2.43. The van der Waals surface area contributed by atoms with Gasteiger partial charge in [0.2, 0.25) is 0 Å². The predicted octanol–water partition coefficient (Wildman–Crippen LogP) is 3.68. The van der Waals surface area contributed by atoms with Crippen LogP contribution in [0.2, 0.25) is 0 Å². The van der Waals surface area contributed by atoms with Crippen molar-refractivity contribution in [2.75, 3.05) is 6.61 Å². The Kier molecular flexibility index (Phi) is 4.93. The van der Waals surface area contributed by atoms with E-state index in [4.69, 9.17) is 4.74 Å². The number of fused-ring (bicyclic) bond motifs is 3. The number of carboxylic acid groups (broad SMARTS) is 1. The summed E-state index contributed by atoms with van der Waals surface area (Å²) in [5, 5.41) is 14.6. The minimum absolute atomic E-state index is 0.266. The molecule has 5 nitrogen and oxygen atoms in total. The third-order valence-corrected chi connectivity index (χ3v) is 4.92. The molecule has 0 bridgehead atoms. The Morgan fingerprint density at radius 2 is 2.04 bits per heavy atom. The molecular weight excluding hydrogens is 318 g/mol. The number of unbranched alkanes of at least 4 members (excludes halogenated alkanes) is 1. The van der Waals surface area contributed by atoms with Gasteiger partial charge in [-0.15, -0.1) is 0 Å². The van der Waals surface area contributed by atoms with E-state index in [2.05, 4.69) is 17.4 Å². The number of carbonyl (C=O) groups excluding carboxylic acids is 1. The third kappa shape index (κ3) is 3.45. The molecule has 132 valence electrons. The first-order valence-electron chi connectivity index (χ1n) is 8.73. The van der Waals surface area contributed by atoms with E-state index in [0.717, 1.165) is 34.7 Å². The van der Waals surface area contributed by atoms with Gasteiger partial charge in [0.15, 0.2) is 0 Å². The summed E-state index contributed by atoms with van der Waals surface area (Å²) in [6.45, 7) is 2.31. The normalized spacial score (nSPS) is 19.2. The number of ether oxygens (including phenoxy) is 1. The standard InChI is InChI=1S/C20H23NO4/c1-2-3-12-25-19(24)21-20(18(22)23)11-10-15-9-8-14-6-4-5-7-16(14)17(15)13-20/h4-9H,2-3,10-13H2,1H3,(H,21,24)(H,22,23). The maximum absolute atomic E-state index is 12.1. The highest BCUT2D eigenvalue weighted by Crippen LogP contribution is 2.34. The van der Waals surface area contributed by atoms with Crippen LogP contribution in [0.4, 0.5) is 4.79 Å². The van der Waals surface area contributed by atoms with Crippen molar-refractivity contribution in [3.05, 3.63) is 47.5 Å². The zero-order valence-corrected chi connectivity index (χ0v) is 14.4. The van der Waals surface area contributed by atoms with Gasteiger partial charge in [0.1, 0.15) is 5.54 Å². The Morgan fingerprint density at radius 3 is 2.80 bits per heavy atom. The number of hydrogen-bond donors (Lipinski definition) is 2. The summed E-state index contributed by atoms with van der Waals surface area (Å²) in [5.74, 6) is -1.02. The Labute approximate surface area is 147 Å². The van der Waals surface area contributed by atoms with Gasteiger partial charge in [-0.2, -0.15) is 0 Å². The zero-order valence-electron chi connectivity index (χ0n) is 14.4. The molecule has 0 radical (unpaired) electrons. The predicted molar refractivity (Wildman–Crippen MR) is 95.7 cm³/mol. The lowest BCUT2D eigenvalue weighted by atomic mass is 9.76. The van der Waals surface area contributed by atoms with Crippen molar-refractivity contribution in [2.24, 2.45) is 0 Å². The molecule has 25 heavy (non-hydrogen) atoms. The molecule has 0 heterocycles. The van der Waals surface area contributed by atoms with E-state index in [-0.39, 0.29) is 6.42 Å². The van der Waals surface area contributed by atoms with Crippen LogP contribution in [0.3, 0.4) is 0 Å². The van der Waals surface area contributed by atoms with Gasteiger partial charge in [-0.3, -0.25) is 0 Å². The molecule has 0 spiro atoms. The number of rotatable bonds is 5. The van der Waals surface area contributed by atoms with Gasteiger partial charge in [-0.1, -0.05) is 49.7 Å². The van der Waals surface area contributed by atoms with Gasteiger partial charge in [0, 0.05) is 6.42 Å². The van der Waals surface area contributed by atoms with Gasteiger partial charge >= 0.3 is 12.1 Å². The van der Waals surface area contributed by atoms with E-state index < -0.39 is 17.6 Å². The number of carbonyl (C=O) groups is 2. The first-order chi connectivity index (χ1) is 12.1. The fourth-order valence-corrected chi connectivity index (χ4v) is 3.45. The van der Waals surface area contributed by atoms with Crippen molar-refractivity contribution in [2.45, 2.75) is 44.6 Å². The third-order valence-electron chi connectivity index (χ3n) is 4.92. The smallest absolute Gasteiger partial charge is 0.408 e. The molecule has 1 unspecified atom stereocenters. The number of nitrogens with one attached hydrogen (secondary N) is 1. The maximum Gasteiger partial charge on any atom is 0.408 e. The molecule has 2 N–H and O–H groups in total. The first kappa shape index (κ1) is 17.3. The van der Waals surface area contributed by atoms with Crippen molar-refractivity contribution in [3.8, 4) is 0 Å². The molecule has 0 fully saturated rings. The number of hydrogen-bond acceptors (Lipinski definition) is 3. The summed E-state index contributed by atoms with van der Waals surface area (Å²) in [4.78, 5) is 24.1. The van der Waals surface area contributed by atoms with Crippen LogP contribution < -0.4 is 5.32 Å². The second kappa shape index (κ2) is 7.13. The SMILES string of the molecule is CCCCOC(=O)NC1(C(=O)O)CCc2ccc3ccccc3c2C1. The van der Waals surface area contributed by atoms with E-state index in [1.165, 1.54) is 0 Å². The summed E-state index contributed by atoms with van der Waals surface area (Å²) < 4.78 is 5.12. The Bertz CT molecular complexity index is 801. The van der Waals surface area contributed by atoms with Crippen LogP contribution in [-0.4, -0.2) is 29.3 Å². The summed E-state index contributed by atoms with van der Waals surface area (Å²) in [6, 6.07) is 12.1. The summed E-state index contributed by atoms with van der Waals surface area (Å²) in [5.41, 5.74) is 0.831. The van der Waals surface area contributed by atoms with Gasteiger partial charge < -0.3 is 15.2 Å². The number of alkyl carbamates (subject to hydrolysis) is 1. The summed E-state index contributed by atoms with van der Waals surface area (Å²) >= 11 is 0. The lowest BCUT2D eigenvalue weighted by molar-refractivity contribution is -0.145. The van der Waals surface area contributed by atoms with Crippen LogP contribution in [0.5, 0.6) is 0 Å². The second-order valence-corrected chi connectivity index (χ2v) is 6.60. The maximum atomic E-state index is 12.1. The van der Waals surface area contributed by atoms with Crippen LogP contribution in [0.25, 0.3) is 10.8 Å². The van der Waals surface area contributed by atoms with Gasteiger partial charge in [0.25, 0.3) is 0 Å². The number of aliphatic carboxylic acids is 1. The Morgan fingerprint density at radius 1 is 1.24 bits per heavy atom. The molecule has 0 aromatic heterocycles. The molecule has 0 aliphatic heterocycles. The molecule has 2 aromatic rings. The largest absolute Gasteiger partial charge is 0.479 e. The molecule has 0 saturated carbocycles. The fraction of sp³-hybridized carbons (Fsp3) is 0.400. The average molecular weight is 341 g/mol. The van der Waals surface area contributed by atoms with E-state index in [0.29, 0.717) is 19.4 Å². The topological polar surface area (TPSA) is 75.6 Å². The van der Waals surface area contributed by atoms with Crippen LogP contribution in [0.1, 0.15) is 37.3 Å². The van der Waals surface area contributed by atoms with E-state index >= 15 is 0 Å². The number of benzene rings is 2. The highest BCUT2D eigenvalue weighted by atomic mass is 16.5. The van der Waals surface area contributed by atoms with Crippen molar-refractivity contribution < 1.29 is 19.4 Å². The van der Waals surface area contributed by atoms with Gasteiger partial charge in [-0.05, 0) is 41.2 Å². The van der Waals surface area contributed by atoms with E-state index in [9.17, 15) is 14.7 Å². The highest BCUT2D eigenvalue weighted by molar-refractivity contribution is 5.90. The van der Waals surface area contributed by atoms with E-state index in [1.54, 1.807) is 0 Å². The first-order valence-corrected chi connectivity index (χ1v) is 8.73. The average Bonchev–Trinajstić information content (AvgIpc) is 2.61. The van der Waals surface area contributed by atoms with E-state index in [1.807, 2.05) is 31.2 Å². The van der Waals surface area contributed by atoms with Gasteiger partial charge in [0.05, 0.1) is 6.61 Å². The molecule has 3 rings (SSSR count). The summed E-state index contributed by atoms with van der Waals surface area (Å²) in [7, 11) is 0. The molecule has 2 aromatic carbocycles. The molecule has 0 saturated heterocycles. The van der Waals surface area contributed by atoms with Crippen LogP contribution in [0, 0.1) is 0 Å². The monoisotopic (exact) mass is 341 g/mol. The molecule has 1 aliphatic rings. The molecule has 1 aliphatic carbocycles. The van der Waals surface area contributed by atoms with Gasteiger partial charge in [-0.25, -0.2) is 9.59 Å². The minimum Gasteiger partial charge on any atom is -0.479 e. The fourth-order valence-electron chi connectivity index (χ4n) is 3.45. The van der Waals surface area contributed by atoms with Crippen LogP contribution >= 0.6 is 0 Å². The van der Waals surface area contributed by atoms with Crippen LogP contribution in [-0.2, 0) is 22.4 Å². The van der Waals surface area contributed by atoms with Crippen molar-refractivity contribution in [1.29, 1.82) is 0 Å². The number of aryl methyl sites for hydroxylation is 1. The molecule has 1 atom stereocenters. The Hall–Kier alpha value is -2.56. The molecule has 1 amide bonds. The molecular formula is C20H23NO4. The number of carboxylic acids is 1. The minimum atomic E-state index is -1.32. The lowest BCUT2D eigenvalue weighted by Gasteiger charge is -2.35. The second-order valence-electron chi connectivity index (χ2n) is 6.60. The lowest BCUT2D eigenvalue weighted by Crippen LogP contribution is -2.58. The van der Waals surface area contributed by atoms with Crippen LogP contribution in [0.15, 0.2) is 36.4 Å². The number of amides is 1. The summed E-state index contributed by atoms with van der Waals surface area (Å²) in [6.07, 6.45) is 2.26. The Balaban J connectivity index is 1.89. The van der Waals surface area contributed by atoms with Crippen molar-refractivity contribution in [3.63, 3.8) is 0 Å². The molecule has 5 heteroatoms. The van der Waals surface area contributed by atoms with Crippen molar-refractivity contribution >= 4 is 22.8 Å². The zero-order chi connectivity index (χ0) is 17.9.